The molecule has 0 spiro atoms. The zero-order chi connectivity index (χ0) is 24.2. The third-order valence-electron chi connectivity index (χ3n) is 7.51. The van der Waals surface area contributed by atoms with Gasteiger partial charge in [-0.15, -0.1) is 0 Å². The fourth-order valence-corrected chi connectivity index (χ4v) is 5.74. The van der Waals surface area contributed by atoms with Gasteiger partial charge in [0.2, 0.25) is 5.91 Å². The largest absolute Gasteiger partial charge is 0.486 e. The van der Waals surface area contributed by atoms with Gasteiger partial charge in [-0.2, -0.15) is 0 Å². The first-order valence-electron chi connectivity index (χ1n) is 12.9. The predicted molar refractivity (Wildman–Crippen MR) is 131 cm³/mol. The van der Waals surface area contributed by atoms with E-state index in [-0.39, 0.29) is 24.5 Å². The summed E-state index contributed by atoms with van der Waals surface area (Å²) in [5.74, 6) is -0.655. The molecule has 0 saturated heterocycles. The zero-order valence-electron chi connectivity index (χ0n) is 20.0. The maximum absolute atomic E-state index is 14.4. The van der Waals surface area contributed by atoms with Gasteiger partial charge in [0, 0.05) is 18.2 Å². The van der Waals surface area contributed by atoms with Gasteiger partial charge in [0.15, 0.2) is 11.6 Å². The minimum atomic E-state index is -0.946. The molecule has 0 bridgehead atoms. The average Bonchev–Trinajstić information content (AvgIpc) is 3.21. The smallest absolute Gasteiger partial charge is 0.243 e. The Hall–Kier alpha value is -2.96. The minimum absolute atomic E-state index is 0.0474. The lowest BCUT2D eigenvalue weighted by Gasteiger charge is -2.33. The Balaban J connectivity index is 1.55. The third-order valence-corrected chi connectivity index (χ3v) is 7.51. The van der Waals surface area contributed by atoms with Gasteiger partial charge < -0.3 is 14.6 Å². The number of nitrogens with zero attached hydrogens (tertiary/aromatic N) is 2. The van der Waals surface area contributed by atoms with E-state index in [1.807, 2.05) is 34.9 Å². The van der Waals surface area contributed by atoms with E-state index in [4.69, 9.17) is 4.74 Å². The van der Waals surface area contributed by atoms with E-state index in [1.54, 1.807) is 0 Å². The van der Waals surface area contributed by atoms with Crippen molar-refractivity contribution in [2.24, 2.45) is 5.92 Å². The third kappa shape index (κ3) is 5.34. The van der Waals surface area contributed by atoms with Crippen molar-refractivity contribution < 1.29 is 18.3 Å². The molecule has 186 valence electrons. The monoisotopic (exact) mass is 481 g/mol. The van der Waals surface area contributed by atoms with Crippen molar-refractivity contribution in [1.82, 2.24) is 14.9 Å². The number of hydrogen-bond acceptors (Lipinski definition) is 3. The van der Waals surface area contributed by atoms with Crippen LogP contribution in [0.5, 0.6) is 5.75 Å². The summed E-state index contributed by atoms with van der Waals surface area (Å²) in [6, 6.07) is 11.3. The number of carbonyl (C=O) groups excluding carboxylic acids is 1. The van der Waals surface area contributed by atoms with Crippen LogP contribution in [0.15, 0.2) is 42.5 Å². The number of para-hydroxylation sites is 1. The number of carbonyl (C=O) groups is 1. The van der Waals surface area contributed by atoms with Crippen molar-refractivity contribution in [3.63, 3.8) is 0 Å². The Morgan fingerprint density at radius 1 is 0.971 bits per heavy atom. The van der Waals surface area contributed by atoms with E-state index < -0.39 is 17.7 Å². The molecule has 7 heteroatoms. The van der Waals surface area contributed by atoms with E-state index in [1.165, 1.54) is 12.5 Å². The van der Waals surface area contributed by atoms with Crippen LogP contribution in [-0.2, 0) is 11.4 Å². The Morgan fingerprint density at radius 3 is 2.34 bits per heavy atom. The fourth-order valence-electron chi connectivity index (χ4n) is 5.74. The van der Waals surface area contributed by atoms with Crippen molar-refractivity contribution >= 4 is 16.9 Å². The Kier molecular flexibility index (Phi) is 7.30. The highest BCUT2D eigenvalue weighted by atomic mass is 19.2. The van der Waals surface area contributed by atoms with Gasteiger partial charge in [-0.25, -0.2) is 13.8 Å². The van der Waals surface area contributed by atoms with Crippen LogP contribution in [-0.4, -0.2) is 21.5 Å². The van der Waals surface area contributed by atoms with Crippen LogP contribution >= 0.6 is 0 Å². The molecule has 2 saturated carbocycles. The lowest BCUT2D eigenvalue weighted by Crippen LogP contribution is -2.44. The number of amides is 1. The summed E-state index contributed by atoms with van der Waals surface area (Å²) in [7, 11) is 0. The molecule has 3 aromatic rings. The lowest BCUT2D eigenvalue weighted by molar-refractivity contribution is -0.127. The van der Waals surface area contributed by atoms with Crippen molar-refractivity contribution in [2.45, 2.75) is 82.9 Å². The van der Waals surface area contributed by atoms with E-state index in [0.29, 0.717) is 22.6 Å². The number of ether oxygens (including phenoxy) is 1. The summed E-state index contributed by atoms with van der Waals surface area (Å²) in [6.45, 7) is 0.0991. The van der Waals surface area contributed by atoms with E-state index in [9.17, 15) is 13.6 Å². The van der Waals surface area contributed by atoms with Crippen LogP contribution < -0.4 is 10.1 Å². The standard InChI is InChI=1S/C28H33F2N3O2/c29-22-16-24-25(17-23(22)30)33(26(32-24)18-35-21-14-8-3-9-15-21)27(19-10-4-1-5-11-19)28(34)31-20-12-6-2-7-13-20/h3,8-9,14-17,19-20,27H,1-2,4-7,10-13,18H2,(H,31,34). The maximum Gasteiger partial charge on any atom is 0.243 e. The zero-order valence-corrected chi connectivity index (χ0v) is 20.0. The molecule has 1 amide bonds. The number of rotatable bonds is 7. The number of fused-ring (bicyclic) bond motifs is 1. The van der Waals surface area contributed by atoms with Crippen LogP contribution in [0.4, 0.5) is 8.78 Å². The van der Waals surface area contributed by atoms with Crippen LogP contribution in [0.2, 0.25) is 0 Å². The quantitative estimate of drug-likeness (QED) is 0.421. The number of halogens is 2. The highest BCUT2D eigenvalue weighted by Gasteiger charge is 2.35. The number of nitrogens with one attached hydrogen (secondary N) is 1. The van der Waals surface area contributed by atoms with E-state index in [0.717, 1.165) is 63.9 Å². The molecule has 5 rings (SSSR count). The van der Waals surface area contributed by atoms with Gasteiger partial charge >= 0.3 is 0 Å². The maximum atomic E-state index is 14.4. The molecule has 1 atom stereocenters. The molecule has 2 aromatic carbocycles. The topological polar surface area (TPSA) is 56.2 Å². The number of aromatic nitrogens is 2. The summed E-state index contributed by atoms with van der Waals surface area (Å²) in [5.41, 5.74) is 0.770. The Labute approximate surface area is 204 Å². The second kappa shape index (κ2) is 10.8. The molecule has 1 heterocycles. The summed E-state index contributed by atoms with van der Waals surface area (Å²) >= 11 is 0. The number of hydrogen-bond donors (Lipinski definition) is 1. The second-order valence-corrected chi connectivity index (χ2v) is 9.94. The van der Waals surface area contributed by atoms with Gasteiger partial charge in [-0.1, -0.05) is 56.7 Å². The van der Waals surface area contributed by atoms with Gasteiger partial charge in [-0.05, 0) is 43.7 Å². The van der Waals surface area contributed by atoms with E-state index >= 15 is 0 Å². The Morgan fingerprint density at radius 2 is 1.63 bits per heavy atom. The molecule has 2 fully saturated rings. The molecule has 1 N–H and O–H groups in total. The van der Waals surface area contributed by atoms with Crippen LogP contribution in [0.1, 0.15) is 76.1 Å². The molecule has 0 aliphatic heterocycles. The first-order valence-corrected chi connectivity index (χ1v) is 12.9. The average molecular weight is 482 g/mol. The molecular weight excluding hydrogens is 448 g/mol. The SMILES string of the molecule is O=C(NC1CCCCC1)C(C1CCCCC1)n1c(COc2ccccc2)nc2cc(F)c(F)cc21. The van der Waals surface area contributed by atoms with Crippen LogP contribution in [0, 0.1) is 17.6 Å². The predicted octanol–water partition coefficient (Wildman–Crippen LogP) is 6.46. The number of benzene rings is 2. The Bertz CT molecular complexity index is 1150. The van der Waals surface area contributed by atoms with Crippen molar-refractivity contribution in [2.75, 3.05) is 0 Å². The van der Waals surface area contributed by atoms with E-state index in [2.05, 4.69) is 10.3 Å². The van der Waals surface area contributed by atoms with Gasteiger partial charge in [0.25, 0.3) is 0 Å². The summed E-state index contributed by atoms with van der Waals surface area (Å²) < 4.78 is 36.4. The molecule has 35 heavy (non-hydrogen) atoms. The molecule has 2 aliphatic carbocycles. The normalized spacial score (nSPS) is 18.5. The highest BCUT2D eigenvalue weighted by molar-refractivity contribution is 5.85. The van der Waals surface area contributed by atoms with Crippen LogP contribution in [0.3, 0.4) is 0 Å². The van der Waals surface area contributed by atoms with Crippen molar-refractivity contribution in [1.29, 1.82) is 0 Å². The molecular formula is C28H33F2N3O2. The van der Waals surface area contributed by atoms with Gasteiger partial charge in [0.1, 0.15) is 24.2 Å². The molecule has 1 unspecified atom stereocenters. The van der Waals surface area contributed by atoms with Crippen molar-refractivity contribution in [3.8, 4) is 5.75 Å². The summed E-state index contributed by atoms with van der Waals surface area (Å²) in [4.78, 5) is 18.5. The minimum Gasteiger partial charge on any atom is -0.486 e. The second-order valence-electron chi connectivity index (χ2n) is 9.94. The summed E-state index contributed by atoms with van der Waals surface area (Å²) in [6.07, 6.45) is 10.5. The highest BCUT2D eigenvalue weighted by Crippen LogP contribution is 2.37. The summed E-state index contributed by atoms with van der Waals surface area (Å²) in [5, 5.41) is 3.30. The first-order chi connectivity index (χ1) is 17.1. The lowest BCUT2D eigenvalue weighted by atomic mass is 9.83. The van der Waals surface area contributed by atoms with Gasteiger partial charge in [-0.3, -0.25) is 4.79 Å². The van der Waals surface area contributed by atoms with Crippen LogP contribution in [0.25, 0.3) is 11.0 Å². The van der Waals surface area contributed by atoms with Crippen molar-refractivity contribution in [3.05, 3.63) is 59.9 Å². The van der Waals surface area contributed by atoms with Gasteiger partial charge in [0.05, 0.1) is 11.0 Å². The fraction of sp³-hybridized carbons (Fsp3) is 0.500. The molecule has 0 radical (unpaired) electrons. The number of imidazole rings is 1. The molecule has 5 nitrogen and oxygen atoms in total. The first kappa shape index (κ1) is 23.8. The molecule has 2 aliphatic rings. The molecule has 1 aromatic heterocycles.